The SMILES string of the molecule is Cc1nc(N)nc2ccc(Br)cc12. The van der Waals surface area contributed by atoms with E-state index in [0.29, 0.717) is 5.95 Å². The fraction of sp³-hybridized carbons (Fsp3) is 0.111. The maximum Gasteiger partial charge on any atom is 0.220 e. The van der Waals surface area contributed by atoms with Crippen LogP contribution >= 0.6 is 15.9 Å². The number of nitrogen functional groups attached to an aromatic ring is 1. The highest BCUT2D eigenvalue weighted by Gasteiger charge is 2.01. The fourth-order valence-corrected chi connectivity index (χ4v) is 1.64. The molecule has 13 heavy (non-hydrogen) atoms. The number of hydrogen-bond donors (Lipinski definition) is 1. The maximum atomic E-state index is 5.53. The molecule has 1 aromatic carbocycles. The lowest BCUT2D eigenvalue weighted by Crippen LogP contribution is -1.97. The van der Waals surface area contributed by atoms with Gasteiger partial charge in [-0.2, -0.15) is 0 Å². The summed E-state index contributed by atoms with van der Waals surface area (Å²) in [5, 5.41) is 1.03. The first-order valence-electron chi connectivity index (χ1n) is 3.86. The second-order valence-electron chi connectivity index (χ2n) is 2.83. The van der Waals surface area contributed by atoms with E-state index in [1.165, 1.54) is 0 Å². The van der Waals surface area contributed by atoms with Crippen molar-refractivity contribution in [3.05, 3.63) is 28.4 Å². The molecule has 0 aliphatic heterocycles. The zero-order chi connectivity index (χ0) is 9.42. The Balaban J connectivity index is 2.87. The average Bonchev–Trinajstić information content (AvgIpc) is 2.06. The standard InChI is InChI=1S/C9H8BrN3/c1-5-7-4-6(10)2-3-8(7)13-9(11)12-5/h2-4H,1H3,(H2,11,12,13). The summed E-state index contributed by atoms with van der Waals surface area (Å²) < 4.78 is 1.02. The molecule has 0 atom stereocenters. The van der Waals surface area contributed by atoms with Gasteiger partial charge in [0.2, 0.25) is 5.95 Å². The van der Waals surface area contributed by atoms with E-state index in [9.17, 15) is 0 Å². The Kier molecular flexibility index (Phi) is 1.92. The van der Waals surface area contributed by atoms with Crippen molar-refractivity contribution in [2.75, 3.05) is 5.73 Å². The van der Waals surface area contributed by atoms with Crippen molar-refractivity contribution in [3.63, 3.8) is 0 Å². The molecule has 0 spiro atoms. The van der Waals surface area contributed by atoms with E-state index in [2.05, 4.69) is 25.9 Å². The predicted molar refractivity (Wildman–Crippen MR) is 56.4 cm³/mol. The minimum atomic E-state index is 0.326. The van der Waals surface area contributed by atoms with E-state index in [1.54, 1.807) is 0 Å². The zero-order valence-electron chi connectivity index (χ0n) is 7.08. The van der Waals surface area contributed by atoms with E-state index >= 15 is 0 Å². The summed E-state index contributed by atoms with van der Waals surface area (Å²) in [4.78, 5) is 8.21. The zero-order valence-corrected chi connectivity index (χ0v) is 8.67. The molecule has 0 saturated carbocycles. The monoisotopic (exact) mass is 237 g/mol. The molecule has 0 aliphatic rings. The molecular weight excluding hydrogens is 230 g/mol. The molecule has 0 amide bonds. The summed E-state index contributed by atoms with van der Waals surface area (Å²) in [6, 6.07) is 5.85. The quantitative estimate of drug-likeness (QED) is 0.765. The number of aromatic nitrogens is 2. The highest BCUT2D eigenvalue weighted by atomic mass is 79.9. The number of anilines is 1. The number of benzene rings is 1. The molecule has 2 aromatic rings. The van der Waals surface area contributed by atoms with Gasteiger partial charge in [0.1, 0.15) is 0 Å². The molecule has 0 saturated heterocycles. The van der Waals surface area contributed by atoms with Crippen LogP contribution in [0.4, 0.5) is 5.95 Å². The molecule has 0 unspecified atom stereocenters. The summed E-state index contributed by atoms with van der Waals surface area (Å²) in [6.45, 7) is 1.92. The van der Waals surface area contributed by atoms with Crippen LogP contribution in [0.25, 0.3) is 10.9 Å². The van der Waals surface area contributed by atoms with Crippen molar-refractivity contribution in [1.82, 2.24) is 9.97 Å². The molecule has 3 nitrogen and oxygen atoms in total. The number of hydrogen-bond acceptors (Lipinski definition) is 3. The van der Waals surface area contributed by atoms with Crippen LogP contribution in [-0.2, 0) is 0 Å². The minimum absolute atomic E-state index is 0.326. The number of halogens is 1. The molecule has 0 radical (unpaired) electrons. The highest BCUT2D eigenvalue weighted by molar-refractivity contribution is 9.10. The third-order valence-corrected chi connectivity index (χ3v) is 2.36. The molecule has 2 rings (SSSR count). The van der Waals surface area contributed by atoms with Gasteiger partial charge in [-0.05, 0) is 25.1 Å². The molecule has 0 bridgehead atoms. The van der Waals surface area contributed by atoms with Gasteiger partial charge in [0.25, 0.3) is 0 Å². The number of nitrogens with zero attached hydrogens (tertiary/aromatic N) is 2. The van der Waals surface area contributed by atoms with Crippen LogP contribution < -0.4 is 5.73 Å². The normalized spacial score (nSPS) is 10.6. The third-order valence-electron chi connectivity index (χ3n) is 1.87. The smallest absolute Gasteiger partial charge is 0.220 e. The molecule has 2 N–H and O–H groups in total. The van der Waals surface area contributed by atoms with Crippen molar-refractivity contribution in [3.8, 4) is 0 Å². The van der Waals surface area contributed by atoms with Gasteiger partial charge in [0, 0.05) is 9.86 Å². The van der Waals surface area contributed by atoms with Gasteiger partial charge in [-0.1, -0.05) is 15.9 Å². The lowest BCUT2D eigenvalue weighted by atomic mass is 10.2. The maximum absolute atomic E-state index is 5.53. The summed E-state index contributed by atoms with van der Waals surface area (Å²) in [5.41, 5.74) is 7.32. The molecule has 0 fully saturated rings. The van der Waals surface area contributed by atoms with Crippen LogP contribution in [0.5, 0.6) is 0 Å². The van der Waals surface area contributed by atoms with Crippen LogP contribution in [0.3, 0.4) is 0 Å². The summed E-state index contributed by atoms with van der Waals surface area (Å²) in [7, 11) is 0. The van der Waals surface area contributed by atoms with Gasteiger partial charge in [-0.15, -0.1) is 0 Å². The molecule has 0 aliphatic carbocycles. The third kappa shape index (κ3) is 1.49. The van der Waals surface area contributed by atoms with Crippen molar-refractivity contribution < 1.29 is 0 Å². The number of rotatable bonds is 0. The molecule has 1 aromatic heterocycles. The van der Waals surface area contributed by atoms with E-state index in [1.807, 2.05) is 25.1 Å². The summed E-state index contributed by atoms with van der Waals surface area (Å²) in [6.07, 6.45) is 0. The Hall–Kier alpha value is -1.16. The molecule has 66 valence electrons. The largest absolute Gasteiger partial charge is 0.368 e. The average molecular weight is 238 g/mol. The van der Waals surface area contributed by atoms with Gasteiger partial charge >= 0.3 is 0 Å². The van der Waals surface area contributed by atoms with Gasteiger partial charge in [-0.3, -0.25) is 0 Å². The minimum Gasteiger partial charge on any atom is -0.368 e. The Bertz CT molecular complexity index is 468. The molecular formula is C9H8BrN3. The Morgan fingerprint density at radius 2 is 2.08 bits per heavy atom. The molecule has 4 heteroatoms. The van der Waals surface area contributed by atoms with E-state index < -0.39 is 0 Å². The Morgan fingerprint density at radius 1 is 1.31 bits per heavy atom. The topological polar surface area (TPSA) is 51.8 Å². The van der Waals surface area contributed by atoms with Crippen molar-refractivity contribution >= 4 is 32.8 Å². The summed E-state index contributed by atoms with van der Waals surface area (Å²) >= 11 is 3.40. The van der Waals surface area contributed by atoms with Crippen molar-refractivity contribution in [2.45, 2.75) is 6.92 Å². The van der Waals surface area contributed by atoms with Crippen molar-refractivity contribution in [1.29, 1.82) is 0 Å². The second-order valence-corrected chi connectivity index (χ2v) is 3.74. The number of fused-ring (bicyclic) bond motifs is 1. The van der Waals surface area contributed by atoms with Gasteiger partial charge in [0.05, 0.1) is 11.2 Å². The number of nitrogens with two attached hydrogens (primary N) is 1. The predicted octanol–water partition coefficient (Wildman–Crippen LogP) is 2.28. The number of aryl methyl sites for hydroxylation is 1. The lowest BCUT2D eigenvalue weighted by Gasteiger charge is -2.02. The van der Waals surface area contributed by atoms with Crippen LogP contribution in [0.1, 0.15) is 5.69 Å². The van der Waals surface area contributed by atoms with E-state index in [0.717, 1.165) is 21.1 Å². The van der Waals surface area contributed by atoms with Gasteiger partial charge in [-0.25, -0.2) is 9.97 Å². The highest BCUT2D eigenvalue weighted by Crippen LogP contribution is 2.20. The van der Waals surface area contributed by atoms with Crippen molar-refractivity contribution in [2.24, 2.45) is 0 Å². The van der Waals surface area contributed by atoms with E-state index in [-0.39, 0.29) is 0 Å². The van der Waals surface area contributed by atoms with Gasteiger partial charge < -0.3 is 5.73 Å². The first-order chi connectivity index (χ1) is 6.16. The van der Waals surface area contributed by atoms with Crippen LogP contribution in [0, 0.1) is 6.92 Å². The first kappa shape index (κ1) is 8.44. The van der Waals surface area contributed by atoms with E-state index in [4.69, 9.17) is 5.73 Å². The van der Waals surface area contributed by atoms with Crippen LogP contribution in [0.2, 0.25) is 0 Å². The van der Waals surface area contributed by atoms with Crippen LogP contribution in [-0.4, -0.2) is 9.97 Å². The fourth-order valence-electron chi connectivity index (χ4n) is 1.28. The molecule has 1 heterocycles. The second kappa shape index (κ2) is 2.96. The Morgan fingerprint density at radius 3 is 2.85 bits per heavy atom. The van der Waals surface area contributed by atoms with Crippen LogP contribution in [0.15, 0.2) is 22.7 Å². The van der Waals surface area contributed by atoms with Gasteiger partial charge in [0.15, 0.2) is 0 Å². The lowest BCUT2D eigenvalue weighted by molar-refractivity contribution is 1.17. The Labute approximate surface area is 84.1 Å². The first-order valence-corrected chi connectivity index (χ1v) is 4.65. The summed E-state index contributed by atoms with van der Waals surface area (Å²) in [5.74, 6) is 0.326.